The zero-order valence-electron chi connectivity index (χ0n) is 14.3. The summed E-state index contributed by atoms with van der Waals surface area (Å²) in [5, 5.41) is 6.50. The van der Waals surface area contributed by atoms with E-state index in [0.29, 0.717) is 6.42 Å². The van der Waals surface area contributed by atoms with Gasteiger partial charge in [0, 0.05) is 25.4 Å². The van der Waals surface area contributed by atoms with Crippen molar-refractivity contribution in [2.24, 2.45) is 4.99 Å². The van der Waals surface area contributed by atoms with Crippen LogP contribution in [0.5, 0.6) is 0 Å². The number of guanidine groups is 1. The summed E-state index contributed by atoms with van der Waals surface area (Å²) in [4.78, 5) is 7.06. The predicted molar refractivity (Wildman–Crippen MR) is 93.2 cm³/mol. The average molecular weight is 333 g/mol. The van der Waals surface area contributed by atoms with Crippen LogP contribution in [0.3, 0.4) is 0 Å². The minimum Gasteiger partial charge on any atom is -0.357 e. The first-order valence-electron chi connectivity index (χ1n) is 8.35. The van der Waals surface area contributed by atoms with Gasteiger partial charge in [-0.3, -0.25) is 4.99 Å². The van der Waals surface area contributed by atoms with Crippen LogP contribution in [0.1, 0.15) is 39.5 Å². The molecule has 1 unspecified atom stereocenters. The van der Waals surface area contributed by atoms with Crippen molar-refractivity contribution in [2.45, 2.75) is 45.6 Å². The quantitative estimate of drug-likeness (QED) is 0.509. The molecule has 0 aromatic heterocycles. The Hall–Kier alpha value is -0.820. The highest BCUT2D eigenvalue weighted by Crippen LogP contribution is 2.07. The Morgan fingerprint density at radius 3 is 2.55 bits per heavy atom. The number of rotatable bonds is 8. The average Bonchev–Trinajstić information content (AvgIpc) is 2.46. The molecule has 130 valence electrons. The molecule has 1 aliphatic heterocycles. The largest absolute Gasteiger partial charge is 0.357 e. The number of hydrogen-bond donors (Lipinski definition) is 2. The SMILES string of the molecule is CCNC(=NCCN1CCCCC1)NC(C)CCS(C)(=O)=O. The molecule has 0 spiro atoms. The molecule has 22 heavy (non-hydrogen) atoms. The molecule has 0 amide bonds. The number of piperidine rings is 1. The van der Waals surface area contributed by atoms with Gasteiger partial charge in [0.2, 0.25) is 0 Å². The highest BCUT2D eigenvalue weighted by molar-refractivity contribution is 7.90. The third-order valence-corrected chi connectivity index (χ3v) is 4.76. The molecule has 1 saturated heterocycles. The Kier molecular flexibility index (Phi) is 8.78. The lowest BCUT2D eigenvalue weighted by molar-refractivity contribution is 0.235. The molecular weight excluding hydrogens is 300 g/mol. The maximum Gasteiger partial charge on any atom is 0.191 e. The van der Waals surface area contributed by atoms with Crippen LogP contribution in [0.2, 0.25) is 0 Å². The lowest BCUT2D eigenvalue weighted by Gasteiger charge is -2.25. The lowest BCUT2D eigenvalue weighted by Crippen LogP contribution is -2.43. The van der Waals surface area contributed by atoms with Gasteiger partial charge in [0.1, 0.15) is 9.84 Å². The monoisotopic (exact) mass is 332 g/mol. The summed E-state index contributed by atoms with van der Waals surface area (Å²) in [7, 11) is -2.91. The summed E-state index contributed by atoms with van der Waals surface area (Å²) < 4.78 is 22.4. The second-order valence-electron chi connectivity index (χ2n) is 6.13. The highest BCUT2D eigenvalue weighted by atomic mass is 32.2. The Balaban J connectivity index is 2.36. The number of nitrogens with one attached hydrogen (secondary N) is 2. The van der Waals surface area contributed by atoms with Gasteiger partial charge in [0.25, 0.3) is 0 Å². The summed E-state index contributed by atoms with van der Waals surface area (Å²) >= 11 is 0. The number of nitrogens with zero attached hydrogens (tertiary/aromatic N) is 2. The second kappa shape index (κ2) is 10.0. The van der Waals surface area contributed by atoms with Gasteiger partial charge in [-0.1, -0.05) is 6.42 Å². The van der Waals surface area contributed by atoms with Crippen molar-refractivity contribution in [2.75, 3.05) is 44.7 Å². The van der Waals surface area contributed by atoms with Crippen molar-refractivity contribution in [1.82, 2.24) is 15.5 Å². The molecule has 0 saturated carbocycles. The van der Waals surface area contributed by atoms with Gasteiger partial charge in [-0.25, -0.2) is 8.42 Å². The number of hydrogen-bond acceptors (Lipinski definition) is 4. The van der Waals surface area contributed by atoms with Crippen LogP contribution in [-0.2, 0) is 9.84 Å². The zero-order chi connectivity index (χ0) is 16.4. The maximum absolute atomic E-state index is 11.2. The molecule has 1 rings (SSSR count). The van der Waals surface area contributed by atoms with Gasteiger partial charge in [-0.15, -0.1) is 0 Å². The van der Waals surface area contributed by atoms with E-state index in [9.17, 15) is 8.42 Å². The van der Waals surface area contributed by atoms with E-state index in [2.05, 4.69) is 20.5 Å². The standard InChI is InChI=1S/C15H32N4O2S/c1-4-16-15(18-14(2)8-13-22(3,20)21)17-9-12-19-10-6-5-7-11-19/h14H,4-13H2,1-3H3,(H2,16,17,18). The molecule has 0 aromatic carbocycles. The van der Waals surface area contributed by atoms with Crippen molar-refractivity contribution < 1.29 is 8.42 Å². The molecule has 1 atom stereocenters. The first kappa shape index (κ1) is 19.2. The van der Waals surface area contributed by atoms with Crippen molar-refractivity contribution in [3.8, 4) is 0 Å². The normalized spacial score (nSPS) is 19.0. The summed E-state index contributed by atoms with van der Waals surface area (Å²) in [6.45, 7) is 8.96. The van der Waals surface area contributed by atoms with E-state index in [1.807, 2.05) is 13.8 Å². The molecule has 0 aromatic rings. The maximum atomic E-state index is 11.2. The van der Waals surface area contributed by atoms with E-state index in [1.165, 1.54) is 38.6 Å². The zero-order valence-corrected chi connectivity index (χ0v) is 15.1. The molecule has 7 heteroatoms. The van der Waals surface area contributed by atoms with Gasteiger partial charge in [0.05, 0.1) is 12.3 Å². The van der Waals surface area contributed by atoms with Crippen molar-refractivity contribution in [3.05, 3.63) is 0 Å². The predicted octanol–water partition coefficient (Wildman–Crippen LogP) is 0.851. The Labute approximate surface area is 135 Å². The first-order valence-corrected chi connectivity index (χ1v) is 10.4. The van der Waals surface area contributed by atoms with Gasteiger partial charge in [-0.05, 0) is 46.2 Å². The molecule has 6 nitrogen and oxygen atoms in total. The smallest absolute Gasteiger partial charge is 0.191 e. The molecule has 0 aliphatic carbocycles. The van der Waals surface area contributed by atoms with Gasteiger partial charge in [-0.2, -0.15) is 0 Å². The molecule has 1 fully saturated rings. The molecule has 0 bridgehead atoms. The fraction of sp³-hybridized carbons (Fsp3) is 0.933. The van der Waals surface area contributed by atoms with E-state index in [4.69, 9.17) is 0 Å². The van der Waals surface area contributed by atoms with E-state index < -0.39 is 9.84 Å². The molecule has 1 aliphatic rings. The Morgan fingerprint density at radius 1 is 1.27 bits per heavy atom. The minimum atomic E-state index is -2.91. The van der Waals surface area contributed by atoms with E-state index in [-0.39, 0.29) is 11.8 Å². The third-order valence-electron chi connectivity index (χ3n) is 3.78. The van der Waals surface area contributed by atoms with Gasteiger partial charge < -0.3 is 15.5 Å². The fourth-order valence-corrected chi connectivity index (χ4v) is 3.28. The molecule has 2 N–H and O–H groups in total. The second-order valence-corrected chi connectivity index (χ2v) is 8.39. The Bertz CT molecular complexity index is 431. The van der Waals surface area contributed by atoms with E-state index >= 15 is 0 Å². The summed E-state index contributed by atoms with van der Waals surface area (Å²) in [5.74, 6) is 0.981. The van der Waals surface area contributed by atoms with E-state index in [1.54, 1.807) is 0 Å². The third kappa shape index (κ3) is 9.25. The molecule has 1 heterocycles. The van der Waals surface area contributed by atoms with Crippen LogP contribution >= 0.6 is 0 Å². The summed E-state index contributed by atoms with van der Waals surface area (Å²) in [6, 6.07) is 0.0857. The van der Waals surface area contributed by atoms with Crippen LogP contribution in [0.25, 0.3) is 0 Å². The van der Waals surface area contributed by atoms with Crippen molar-refractivity contribution in [3.63, 3.8) is 0 Å². The van der Waals surface area contributed by atoms with Crippen molar-refractivity contribution in [1.29, 1.82) is 0 Å². The topological polar surface area (TPSA) is 73.8 Å². The number of aliphatic imine (C=N–C) groups is 1. The van der Waals surface area contributed by atoms with Crippen LogP contribution in [0, 0.1) is 0 Å². The lowest BCUT2D eigenvalue weighted by atomic mass is 10.1. The number of likely N-dealkylation sites (tertiary alicyclic amines) is 1. The molecular formula is C15H32N4O2S. The molecule has 0 radical (unpaired) electrons. The van der Waals surface area contributed by atoms with Crippen LogP contribution < -0.4 is 10.6 Å². The summed E-state index contributed by atoms with van der Waals surface area (Å²) in [6.07, 6.45) is 5.81. The van der Waals surface area contributed by atoms with Crippen LogP contribution in [-0.4, -0.2) is 70.1 Å². The Morgan fingerprint density at radius 2 is 1.95 bits per heavy atom. The highest BCUT2D eigenvalue weighted by Gasteiger charge is 2.11. The van der Waals surface area contributed by atoms with E-state index in [0.717, 1.165) is 25.6 Å². The van der Waals surface area contributed by atoms with Gasteiger partial charge >= 0.3 is 0 Å². The van der Waals surface area contributed by atoms with Crippen LogP contribution in [0.15, 0.2) is 4.99 Å². The minimum absolute atomic E-state index is 0.0857. The first-order chi connectivity index (χ1) is 10.4. The van der Waals surface area contributed by atoms with Gasteiger partial charge in [0.15, 0.2) is 5.96 Å². The fourth-order valence-electron chi connectivity index (χ4n) is 2.50. The number of sulfone groups is 1. The van der Waals surface area contributed by atoms with Crippen LogP contribution in [0.4, 0.5) is 0 Å². The summed E-state index contributed by atoms with van der Waals surface area (Å²) in [5.41, 5.74) is 0. The van der Waals surface area contributed by atoms with Crippen molar-refractivity contribution >= 4 is 15.8 Å².